The van der Waals surface area contributed by atoms with Crippen molar-refractivity contribution in [3.63, 3.8) is 0 Å². The third kappa shape index (κ3) is 5.40. The third-order valence-corrected chi connectivity index (χ3v) is 12.7. The molecule has 1 N–H and O–H groups in total. The summed E-state index contributed by atoms with van der Waals surface area (Å²) in [5, 5.41) is 18.8. The average molecular weight is 654 g/mol. The minimum Gasteiger partial charge on any atom is -0.395 e. The van der Waals surface area contributed by atoms with E-state index in [1.807, 2.05) is 92.0 Å². The lowest BCUT2D eigenvalue weighted by Gasteiger charge is -2.32. The molecule has 9 nitrogen and oxygen atoms in total. The van der Waals surface area contributed by atoms with E-state index in [1.165, 1.54) is 0 Å². The molecule has 0 aliphatic carbocycles. The second-order valence-corrected chi connectivity index (χ2v) is 17.3. The average Bonchev–Trinajstić information content (AvgIpc) is 3.71. The van der Waals surface area contributed by atoms with E-state index in [0.717, 1.165) is 28.1 Å². The lowest BCUT2D eigenvalue weighted by atomic mass is 9.82. The molecule has 0 bridgehead atoms. The van der Waals surface area contributed by atoms with Gasteiger partial charge in [-0.3, -0.25) is 14.3 Å². The Labute approximate surface area is 275 Å². The highest BCUT2D eigenvalue weighted by atomic mass is 28.4. The molecule has 3 aromatic carbocycles. The fourth-order valence-corrected chi connectivity index (χ4v) is 10.5. The van der Waals surface area contributed by atoms with Gasteiger partial charge in [0.1, 0.15) is 0 Å². The van der Waals surface area contributed by atoms with E-state index in [4.69, 9.17) is 4.74 Å². The number of aliphatic hydroxyl groups is 1. The molecule has 244 valence electrons. The van der Waals surface area contributed by atoms with E-state index >= 15 is 4.11 Å². The van der Waals surface area contributed by atoms with Crippen LogP contribution in [-0.4, -0.2) is 59.6 Å². The zero-order valence-corrected chi connectivity index (χ0v) is 27.9. The van der Waals surface area contributed by atoms with Gasteiger partial charge in [-0.1, -0.05) is 72.8 Å². The molecule has 47 heavy (non-hydrogen) atoms. The van der Waals surface area contributed by atoms with Crippen molar-refractivity contribution in [2.75, 3.05) is 23.0 Å². The van der Waals surface area contributed by atoms with Crippen molar-refractivity contribution in [2.24, 2.45) is 5.92 Å². The number of aliphatic hydroxyl groups excluding tert-OH is 1. The van der Waals surface area contributed by atoms with Crippen molar-refractivity contribution in [2.45, 2.75) is 69.1 Å². The van der Waals surface area contributed by atoms with E-state index in [9.17, 15) is 14.7 Å². The number of ether oxygens (including phenoxy) is 1. The van der Waals surface area contributed by atoms with E-state index in [-0.39, 0.29) is 24.3 Å². The highest BCUT2D eigenvalue weighted by molar-refractivity contribution is 6.72. The molecule has 2 amide bonds. The number of hydrogen-bond donors (Lipinski definition) is 1. The summed E-state index contributed by atoms with van der Waals surface area (Å²) >= 11 is 0. The molecule has 7 rings (SSSR count). The van der Waals surface area contributed by atoms with Crippen molar-refractivity contribution in [3.8, 4) is 0 Å². The molecular weight excluding hydrogens is 614 g/mol. The van der Waals surface area contributed by atoms with Gasteiger partial charge in [0.15, 0.2) is 5.60 Å². The molecule has 11 heteroatoms. The molecule has 4 aromatic rings. The van der Waals surface area contributed by atoms with Gasteiger partial charge in [-0.2, -0.15) is 0 Å². The standard InChI is InChI=1S/C36H40FN5O4Si/c1-24-34(47(2,3)37)32(16-18-40-22-30(38-39-40)28(23-43)26-11-5-4-6-12-26)46-36(24)29-14-7-8-15-31(29)42(35(36)45)21-25-10-9-13-27(20-25)41-19-17-33(41)44/h4-15,20,22,24,28,32,34,43H,16-19,21,23H2,1-3H3/t24-,28?,32+,34-,36+/m0/s1. The highest BCUT2D eigenvalue weighted by Gasteiger charge is 2.66. The number of para-hydroxylation sites is 1. The number of benzene rings is 3. The van der Waals surface area contributed by atoms with Gasteiger partial charge in [-0.15, -0.1) is 5.10 Å². The van der Waals surface area contributed by atoms with Gasteiger partial charge in [-0.05, 0) is 48.8 Å². The second-order valence-electron chi connectivity index (χ2n) is 13.5. The smallest absolute Gasteiger partial charge is 0.264 e. The predicted octanol–water partition coefficient (Wildman–Crippen LogP) is 5.55. The maximum Gasteiger partial charge on any atom is 0.264 e. The number of hydrogen-bond acceptors (Lipinski definition) is 6. The number of rotatable bonds is 10. The van der Waals surface area contributed by atoms with Crippen molar-refractivity contribution in [1.82, 2.24) is 15.0 Å². The number of carbonyl (C=O) groups is 2. The maximum absolute atomic E-state index is 16.3. The number of amides is 2. The molecule has 5 atom stereocenters. The Balaban J connectivity index is 1.15. The van der Waals surface area contributed by atoms with Gasteiger partial charge >= 0.3 is 0 Å². The first-order valence-electron chi connectivity index (χ1n) is 16.3. The summed E-state index contributed by atoms with van der Waals surface area (Å²) in [5.41, 5.74) is 3.14. The first-order valence-corrected chi connectivity index (χ1v) is 19.3. The summed E-state index contributed by atoms with van der Waals surface area (Å²) in [6.07, 6.45) is 2.32. The molecule has 1 spiro atoms. The SMILES string of the molecule is C[C@H]1[C@H]([Si](C)(C)F)[C@@H](CCn2cc(C(CO)c3ccccc3)nn2)O[C@]12C(=O)N(Cc1cccc(N3CCC3=O)c1)c1ccccc12. The van der Waals surface area contributed by atoms with Crippen LogP contribution in [0.3, 0.4) is 0 Å². The van der Waals surface area contributed by atoms with Crippen LogP contribution in [0.5, 0.6) is 0 Å². The van der Waals surface area contributed by atoms with E-state index < -0.39 is 31.6 Å². The Morgan fingerprint density at radius 1 is 1.06 bits per heavy atom. The van der Waals surface area contributed by atoms with Crippen LogP contribution in [0.2, 0.25) is 18.6 Å². The Kier molecular flexibility index (Phi) is 8.10. The van der Waals surface area contributed by atoms with Crippen LogP contribution in [0.1, 0.15) is 48.1 Å². The van der Waals surface area contributed by atoms with Crippen LogP contribution < -0.4 is 9.80 Å². The third-order valence-electron chi connectivity index (χ3n) is 10.2. The second kappa shape index (κ2) is 12.1. The molecule has 3 aliphatic rings. The quantitative estimate of drug-likeness (QED) is 0.137. The van der Waals surface area contributed by atoms with Gasteiger partial charge in [0.25, 0.3) is 5.91 Å². The zero-order valence-electron chi connectivity index (χ0n) is 26.9. The molecule has 1 aromatic heterocycles. The van der Waals surface area contributed by atoms with Crippen LogP contribution in [0.4, 0.5) is 15.5 Å². The number of fused-ring (bicyclic) bond motifs is 2. The van der Waals surface area contributed by atoms with Crippen LogP contribution >= 0.6 is 0 Å². The van der Waals surface area contributed by atoms with E-state index in [1.54, 1.807) is 27.6 Å². The predicted molar refractivity (Wildman–Crippen MR) is 179 cm³/mol. The Bertz CT molecular complexity index is 1800. The van der Waals surface area contributed by atoms with Crippen LogP contribution in [-0.2, 0) is 33.0 Å². The van der Waals surface area contributed by atoms with Crippen LogP contribution in [0.25, 0.3) is 0 Å². The monoisotopic (exact) mass is 653 g/mol. The summed E-state index contributed by atoms with van der Waals surface area (Å²) in [6, 6.07) is 25.1. The molecule has 3 aliphatic heterocycles. The number of β-lactam (4-membered cyclic amide) rings is 1. The Morgan fingerprint density at radius 3 is 2.53 bits per heavy atom. The minimum absolute atomic E-state index is 0.0958. The molecule has 0 radical (unpaired) electrons. The fraction of sp³-hybridized carbons (Fsp3) is 0.389. The van der Waals surface area contributed by atoms with Crippen molar-refractivity contribution in [1.29, 1.82) is 0 Å². The first-order chi connectivity index (χ1) is 22.6. The van der Waals surface area contributed by atoms with Gasteiger partial charge < -0.3 is 23.8 Å². The maximum atomic E-state index is 16.3. The summed E-state index contributed by atoms with van der Waals surface area (Å²) in [7, 11) is -3.33. The van der Waals surface area contributed by atoms with Gasteiger partial charge in [-0.25, -0.2) is 0 Å². The lowest BCUT2D eigenvalue weighted by Crippen LogP contribution is -2.45. The largest absolute Gasteiger partial charge is 0.395 e. The van der Waals surface area contributed by atoms with Crippen LogP contribution in [0, 0.1) is 5.92 Å². The molecule has 2 saturated heterocycles. The summed E-state index contributed by atoms with van der Waals surface area (Å²) in [6.45, 7) is 6.70. The zero-order chi connectivity index (χ0) is 32.9. The highest BCUT2D eigenvalue weighted by Crippen LogP contribution is 2.60. The van der Waals surface area contributed by atoms with E-state index in [0.29, 0.717) is 38.2 Å². The number of nitrogens with zero attached hydrogens (tertiary/aromatic N) is 5. The van der Waals surface area contributed by atoms with Gasteiger partial charge in [0.05, 0.1) is 36.6 Å². The lowest BCUT2D eigenvalue weighted by molar-refractivity contribution is -0.146. The molecular formula is C36H40FN5O4Si. The molecule has 4 heterocycles. The number of anilines is 2. The molecule has 0 saturated carbocycles. The molecule has 1 unspecified atom stereocenters. The minimum atomic E-state index is -3.33. The molecule has 2 fully saturated rings. The van der Waals surface area contributed by atoms with Gasteiger partial charge in [0, 0.05) is 48.4 Å². The van der Waals surface area contributed by atoms with Crippen molar-refractivity contribution in [3.05, 3.63) is 107 Å². The number of aryl methyl sites for hydroxylation is 1. The number of carbonyl (C=O) groups excluding carboxylic acids is 2. The van der Waals surface area contributed by atoms with E-state index in [2.05, 4.69) is 10.3 Å². The number of halogens is 1. The number of aromatic nitrogens is 3. The first kappa shape index (κ1) is 31.4. The topological polar surface area (TPSA) is 101 Å². The van der Waals surface area contributed by atoms with Crippen molar-refractivity contribution < 1.29 is 23.5 Å². The Hall–Kier alpha value is -4.19. The normalized spacial score (nSPS) is 24.6. The van der Waals surface area contributed by atoms with Crippen molar-refractivity contribution >= 4 is 31.6 Å². The van der Waals surface area contributed by atoms with Gasteiger partial charge in [0.2, 0.25) is 14.3 Å². The summed E-state index contributed by atoms with van der Waals surface area (Å²) < 4.78 is 24.9. The fourth-order valence-electron chi connectivity index (χ4n) is 7.92. The summed E-state index contributed by atoms with van der Waals surface area (Å²) in [4.78, 5) is 30.3. The Morgan fingerprint density at radius 2 is 1.83 bits per heavy atom. The van der Waals surface area contributed by atoms with Crippen LogP contribution in [0.15, 0.2) is 85.1 Å². The summed E-state index contributed by atoms with van der Waals surface area (Å²) in [5.74, 6) is -0.782.